The molecule has 430 valence electrons. The fourth-order valence-corrected chi connectivity index (χ4v) is 13.0. The van der Waals surface area contributed by atoms with E-state index in [1.54, 1.807) is 6.07 Å². The highest BCUT2D eigenvalue weighted by Crippen LogP contribution is 2.66. The zero-order valence-corrected chi connectivity index (χ0v) is 47.5. The monoisotopic (exact) mass is 1190 g/mol. The van der Waals surface area contributed by atoms with Crippen molar-refractivity contribution in [2.45, 2.75) is 95.2 Å². The van der Waals surface area contributed by atoms with Gasteiger partial charge in [-0.2, -0.15) is 13.6 Å². The van der Waals surface area contributed by atoms with E-state index in [9.17, 15) is 51.5 Å². The lowest BCUT2D eigenvalue weighted by Gasteiger charge is -2.27. The smallest absolute Gasteiger partial charge is 0.490 e. The molecule has 0 saturated carbocycles. The van der Waals surface area contributed by atoms with E-state index in [2.05, 4.69) is 82.9 Å². The molecule has 25 nitrogen and oxygen atoms in total. The molecule has 0 bridgehead atoms. The second-order valence-corrected chi connectivity index (χ2v) is 24.9. The molecule has 6 atom stereocenters. The molecule has 1 amide bonds. The lowest BCUT2D eigenvalue weighted by atomic mass is 9.83. The Bertz CT molecular complexity index is 3640. The summed E-state index contributed by atoms with van der Waals surface area (Å²) < 4.78 is 98.6. The molecule has 80 heavy (non-hydrogen) atoms. The van der Waals surface area contributed by atoms with Crippen molar-refractivity contribution >= 4 is 57.1 Å². The van der Waals surface area contributed by atoms with Gasteiger partial charge in [0.1, 0.15) is 58.9 Å². The minimum Gasteiger partial charge on any atom is -0.744 e. The first-order valence-electron chi connectivity index (χ1n) is 25.0. The fraction of sp³-hybridized carbons (Fsp3) is 0.373. The predicted molar refractivity (Wildman–Crippen MR) is 290 cm³/mol. The second-order valence-electron chi connectivity index (χ2n) is 19.1. The highest BCUT2D eigenvalue weighted by atomic mass is 32.2. The van der Waals surface area contributed by atoms with Gasteiger partial charge in [-0.1, -0.05) is 74.6 Å². The van der Waals surface area contributed by atoms with Crippen LogP contribution in [0.3, 0.4) is 0 Å². The average molecular weight is 1190 g/mol. The van der Waals surface area contributed by atoms with Gasteiger partial charge < -0.3 is 59.4 Å². The van der Waals surface area contributed by atoms with Gasteiger partial charge in [0, 0.05) is 58.7 Å². The lowest BCUT2D eigenvalue weighted by Crippen LogP contribution is -2.36. The molecule has 1 saturated heterocycles. The van der Waals surface area contributed by atoms with Crippen molar-refractivity contribution in [1.82, 2.24) is 19.4 Å². The van der Waals surface area contributed by atoms with E-state index in [1.807, 2.05) is 63.3 Å². The van der Waals surface area contributed by atoms with Crippen LogP contribution in [0.15, 0.2) is 100 Å². The standard InChI is InChI=1S/C51H62N7O18P3S/c1-6-56(7-2)35-22-24-38-37(32(3)47(73-41(38)28-35)33-16-10-8-11-17-33)19-14-20-43-51(4,5)39-29-36(80(69,70)71)23-25-40(39)57(43)27-13-9-12-21-44(59)54-26-15-18-34-30-58(50(53)55-48(34)52)49-46(61)45(60)42(74-49)31-72-78(65,66)76-79(67,68)75-77(62,63)64/h8,10-11,14,16-17,19-20,22-25,28-30,42,45-46,49,60-61H,6-7,9,12-13,21,26-27,31H2,1-5H3,(H8-,52,53,54,55,59,62,63,64,65,66,67,68,69,70,71)/t42-,45-,46-,49-/m1/s1. The molecule has 3 aromatic rings. The molecule has 29 heteroatoms. The van der Waals surface area contributed by atoms with Crippen LogP contribution in [0.2, 0.25) is 0 Å². The highest BCUT2D eigenvalue weighted by Gasteiger charge is 2.47. The van der Waals surface area contributed by atoms with Crippen molar-refractivity contribution in [3.63, 3.8) is 0 Å². The molecule has 1 fully saturated rings. The number of allylic oxidation sites excluding steroid dienone is 3. The van der Waals surface area contributed by atoms with Gasteiger partial charge in [0.05, 0.1) is 29.7 Å². The number of amides is 1. The minimum atomic E-state index is -5.84. The molecule has 3 aliphatic heterocycles. The molecule has 2 unspecified atom stereocenters. The average Bonchev–Trinajstić information content (AvgIpc) is 3.94. The number of aliphatic hydroxyl groups excluding tert-OH is 2. The number of unbranched alkanes of at least 4 members (excludes halogenated alkanes) is 2. The third-order valence-electron chi connectivity index (χ3n) is 13.4. The Balaban J connectivity index is 0.999. The number of benzene rings is 3. The van der Waals surface area contributed by atoms with Crippen molar-refractivity contribution in [2.75, 3.05) is 43.4 Å². The molecule has 7 rings (SSSR count). The Hall–Kier alpha value is -5.94. The number of carbonyl (C=O) groups is 1. The van der Waals surface area contributed by atoms with Crippen LogP contribution in [-0.2, 0) is 51.9 Å². The molecule has 4 heterocycles. The van der Waals surface area contributed by atoms with Gasteiger partial charge in [-0.25, -0.2) is 26.7 Å². The van der Waals surface area contributed by atoms with Crippen LogP contribution in [-0.4, -0.2) is 109 Å². The highest BCUT2D eigenvalue weighted by molar-refractivity contribution is 7.85. The number of nitrogen functional groups attached to an aromatic ring is 1. The van der Waals surface area contributed by atoms with E-state index in [4.69, 9.17) is 30.1 Å². The van der Waals surface area contributed by atoms with Gasteiger partial charge >= 0.3 is 23.5 Å². The number of aliphatic hydroxyl groups is 2. The van der Waals surface area contributed by atoms with Crippen molar-refractivity contribution in [2.24, 2.45) is 0 Å². The summed E-state index contributed by atoms with van der Waals surface area (Å²) in [6.45, 7) is 11.1. The van der Waals surface area contributed by atoms with E-state index in [1.165, 1.54) is 18.3 Å². The van der Waals surface area contributed by atoms with Crippen molar-refractivity contribution in [3.05, 3.63) is 124 Å². The van der Waals surface area contributed by atoms with Gasteiger partial charge in [-0.05, 0) is 75.1 Å². The quantitative estimate of drug-likeness (QED) is 0.0158. The van der Waals surface area contributed by atoms with Crippen LogP contribution < -0.4 is 31.5 Å². The first-order chi connectivity index (χ1) is 37.5. The van der Waals surface area contributed by atoms with Crippen molar-refractivity contribution in [1.29, 1.82) is 5.41 Å². The van der Waals surface area contributed by atoms with Crippen LogP contribution in [0.1, 0.15) is 81.9 Å². The fourth-order valence-electron chi connectivity index (χ4n) is 9.44. The normalized spacial score (nSPS) is 20.1. The van der Waals surface area contributed by atoms with Crippen molar-refractivity contribution < 1.29 is 83.5 Å². The van der Waals surface area contributed by atoms with E-state index in [0.717, 1.165) is 68.2 Å². The summed E-state index contributed by atoms with van der Waals surface area (Å²) in [5.41, 5.74) is 10.8. The number of anilines is 2. The number of aromatic nitrogens is 2. The number of rotatable bonds is 21. The van der Waals surface area contributed by atoms with Gasteiger partial charge in [0.2, 0.25) is 16.9 Å². The van der Waals surface area contributed by atoms with E-state index < -0.39 is 75.8 Å². The first-order valence-corrected chi connectivity index (χ1v) is 30.9. The number of ether oxygens (including phenoxy) is 1. The largest absolute Gasteiger partial charge is 0.744 e. The minimum absolute atomic E-state index is 0.0139. The van der Waals surface area contributed by atoms with Crippen LogP contribution >= 0.6 is 23.5 Å². The number of nitrogens with zero attached hydrogens (tertiary/aromatic N) is 4. The number of phosphoric acid groups is 3. The van der Waals surface area contributed by atoms with E-state index in [-0.39, 0.29) is 35.1 Å². The number of hydrogen-bond donors (Lipinski definition) is 9. The predicted octanol–water partition coefficient (Wildman–Crippen LogP) is 4.72. The summed E-state index contributed by atoms with van der Waals surface area (Å²) in [7, 11) is -21.9. The molecule has 4 aliphatic rings. The Kier molecular flexibility index (Phi) is 19.3. The maximum atomic E-state index is 12.9. The van der Waals surface area contributed by atoms with E-state index >= 15 is 0 Å². The lowest BCUT2D eigenvalue weighted by molar-refractivity contribution is -0.120. The summed E-state index contributed by atoms with van der Waals surface area (Å²) in [5.74, 6) is 6.40. The molecule has 2 aromatic carbocycles. The summed E-state index contributed by atoms with van der Waals surface area (Å²) in [4.78, 5) is 55.2. The van der Waals surface area contributed by atoms with Gasteiger partial charge in [0.25, 0.3) is 0 Å². The maximum absolute atomic E-state index is 12.9. The summed E-state index contributed by atoms with van der Waals surface area (Å²) >= 11 is 0. The number of phosphoric ester groups is 1. The molecule has 0 spiro atoms. The number of hydrogen-bond acceptors (Lipinski definition) is 18. The number of carbonyl (C=O) groups excluding carboxylic acids is 1. The third-order valence-corrected chi connectivity index (χ3v) is 18.0. The van der Waals surface area contributed by atoms with Gasteiger partial charge in [-0.3, -0.25) is 19.3 Å². The number of fused-ring (bicyclic) bond motifs is 2. The summed E-state index contributed by atoms with van der Waals surface area (Å²) in [5, 5.41) is 33.4. The van der Waals surface area contributed by atoms with Crippen LogP contribution in [0.5, 0.6) is 0 Å². The zero-order chi connectivity index (χ0) is 58.5. The van der Waals surface area contributed by atoms with Crippen LogP contribution in [0, 0.1) is 24.2 Å². The number of nitrogens with two attached hydrogens (primary N) is 1. The second kappa shape index (κ2) is 25.1. The maximum Gasteiger partial charge on any atom is 0.490 e. The van der Waals surface area contributed by atoms with Gasteiger partial charge in [0.15, 0.2) is 6.23 Å². The Morgan fingerprint density at radius 1 is 0.988 bits per heavy atom. The summed E-state index contributed by atoms with van der Waals surface area (Å²) in [6.07, 6.45) is 2.19. The first kappa shape index (κ1) is 61.7. The Morgan fingerprint density at radius 3 is 2.38 bits per heavy atom. The molecular weight excluding hydrogens is 1120 g/mol. The molecule has 1 aliphatic carbocycles. The third kappa shape index (κ3) is 14.8. The number of nitrogens with one attached hydrogen (secondary N) is 2. The molecule has 10 N–H and O–H groups in total. The van der Waals surface area contributed by atoms with Gasteiger partial charge in [-0.15, -0.1) is 0 Å². The molecular formula is C51H62N7O18P3S. The topological polar surface area (TPSA) is 383 Å². The van der Waals surface area contributed by atoms with E-state index in [0.29, 0.717) is 31.4 Å². The van der Waals surface area contributed by atoms with Crippen molar-refractivity contribution in [3.8, 4) is 34.5 Å². The Morgan fingerprint density at radius 2 is 1.70 bits per heavy atom. The van der Waals surface area contributed by atoms with Crippen LogP contribution in [0.25, 0.3) is 28.7 Å². The summed E-state index contributed by atoms with van der Waals surface area (Å²) in [6, 6.07) is 20.5. The Labute approximate surface area is 460 Å². The SMILES string of the molecule is CC[N+](CC)=c1ccc2c(/C=C/C=C3/N(CCCCCC(=O)NCC#Cc4cn([C@@H]5O[C@H](COP(=O)(O)OP(=O)(O)OP(=O)(O)O)[C@@H](O)[C@H]5O)c(=N)nc4N)c4ccc(S(=O)(=O)[O-])cc4C3(C)C)c(C)c(-c3ccccc3)oc-2c1. The molecule has 1 aromatic heterocycles. The van der Waals surface area contributed by atoms with Crippen LogP contribution in [0.4, 0.5) is 11.5 Å². The zero-order valence-electron chi connectivity index (χ0n) is 44.0. The molecule has 0 radical (unpaired) electrons.